The summed E-state index contributed by atoms with van der Waals surface area (Å²) in [5.74, 6) is -0.298. The Bertz CT molecular complexity index is 732. The van der Waals surface area contributed by atoms with Gasteiger partial charge in [0.05, 0.1) is 11.3 Å². The lowest BCUT2D eigenvalue weighted by Crippen LogP contribution is -2.24. The van der Waals surface area contributed by atoms with E-state index in [9.17, 15) is 9.50 Å². The average Bonchev–Trinajstić information content (AvgIpc) is 2.92. The number of nitrogens with zero attached hydrogens (tertiary/aromatic N) is 2. The number of aliphatic hydroxyl groups is 1. The predicted octanol–water partition coefficient (Wildman–Crippen LogP) is 3.29. The molecule has 0 amide bonds. The van der Waals surface area contributed by atoms with Gasteiger partial charge in [0.2, 0.25) is 0 Å². The quantitative estimate of drug-likeness (QED) is 0.803. The second-order valence-electron chi connectivity index (χ2n) is 5.24. The molecule has 2 heterocycles. The minimum atomic E-state index is -1.14. The third-order valence-corrected chi connectivity index (χ3v) is 4.23. The van der Waals surface area contributed by atoms with Crippen molar-refractivity contribution in [1.29, 1.82) is 0 Å². The van der Waals surface area contributed by atoms with Crippen molar-refractivity contribution in [3.05, 3.63) is 58.6 Å². The Morgan fingerprint density at radius 2 is 2.25 bits per heavy atom. The molecule has 0 fully saturated rings. The zero-order valence-electron chi connectivity index (χ0n) is 11.3. The summed E-state index contributed by atoms with van der Waals surface area (Å²) in [6.07, 6.45) is 4.17. The van der Waals surface area contributed by atoms with E-state index in [1.54, 1.807) is 37.3 Å². The minimum absolute atomic E-state index is 0.298. The molecular weight excluding hydrogens is 275 g/mol. The number of imidazole rings is 1. The highest BCUT2D eigenvalue weighted by molar-refractivity contribution is 7.15. The highest BCUT2D eigenvalue weighted by Crippen LogP contribution is 2.27. The number of hydrogen-bond donors (Lipinski definition) is 1. The van der Waals surface area contributed by atoms with Crippen molar-refractivity contribution in [3.63, 3.8) is 0 Å². The Labute approximate surface area is 120 Å². The van der Waals surface area contributed by atoms with Gasteiger partial charge in [-0.15, -0.1) is 11.3 Å². The predicted molar refractivity (Wildman–Crippen MR) is 77.5 cm³/mol. The van der Waals surface area contributed by atoms with Crippen LogP contribution in [0.1, 0.15) is 23.7 Å². The van der Waals surface area contributed by atoms with Crippen molar-refractivity contribution in [2.75, 3.05) is 0 Å². The van der Waals surface area contributed by atoms with Crippen LogP contribution in [0.2, 0.25) is 0 Å². The van der Waals surface area contributed by atoms with E-state index in [4.69, 9.17) is 0 Å². The van der Waals surface area contributed by atoms with Crippen LogP contribution < -0.4 is 0 Å². The van der Waals surface area contributed by atoms with Gasteiger partial charge >= 0.3 is 0 Å². The average molecular weight is 290 g/mol. The van der Waals surface area contributed by atoms with E-state index in [0.29, 0.717) is 17.5 Å². The van der Waals surface area contributed by atoms with Gasteiger partial charge in [-0.2, -0.15) is 0 Å². The molecule has 104 valence electrons. The van der Waals surface area contributed by atoms with E-state index in [-0.39, 0.29) is 5.82 Å². The van der Waals surface area contributed by atoms with Crippen molar-refractivity contribution in [2.45, 2.75) is 25.9 Å². The van der Waals surface area contributed by atoms with Crippen LogP contribution in [-0.2, 0) is 12.0 Å². The number of aryl methyl sites for hydroxylation is 1. The number of halogens is 1. The summed E-state index contributed by atoms with van der Waals surface area (Å²) >= 11 is 1.54. The summed E-state index contributed by atoms with van der Waals surface area (Å²) < 4.78 is 15.6. The fourth-order valence-electron chi connectivity index (χ4n) is 2.24. The minimum Gasteiger partial charge on any atom is -0.385 e. The van der Waals surface area contributed by atoms with E-state index in [2.05, 4.69) is 4.98 Å². The Kier molecular flexibility index (Phi) is 3.11. The van der Waals surface area contributed by atoms with Crippen LogP contribution in [-0.4, -0.2) is 14.5 Å². The first-order valence-electron chi connectivity index (χ1n) is 6.36. The van der Waals surface area contributed by atoms with Crippen LogP contribution in [0.15, 0.2) is 36.0 Å². The molecule has 5 heteroatoms. The van der Waals surface area contributed by atoms with E-state index < -0.39 is 5.60 Å². The first-order valence-corrected chi connectivity index (χ1v) is 7.24. The van der Waals surface area contributed by atoms with Crippen molar-refractivity contribution < 1.29 is 9.50 Å². The lowest BCUT2D eigenvalue weighted by atomic mass is 9.90. The number of thiazole rings is 1. The van der Waals surface area contributed by atoms with Crippen molar-refractivity contribution >= 4 is 16.3 Å². The number of hydrogen-bond acceptors (Lipinski definition) is 3. The van der Waals surface area contributed by atoms with Crippen LogP contribution >= 0.6 is 11.3 Å². The summed E-state index contributed by atoms with van der Waals surface area (Å²) in [5.41, 5.74) is 0.797. The molecule has 0 aliphatic rings. The van der Waals surface area contributed by atoms with Crippen LogP contribution in [0, 0.1) is 12.7 Å². The third-order valence-electron chi connectivity index (χ3n) is 3.46. The summed E-state index contributed by atoms with van der Waals surface area (Å²) in [6.45, 7) is 3.39. The summed E-state index contributed by atoms with van der Waals surface area (Å²) in [5, 5.41) is 12.6. The Balaban J connectivity index is 1.90. The molecule has 0 saturated carbocycles. The molecule has 3 rings (SSSR count). The zero-order chi connectivity index (χ0) is 14.3. The lowest BCUT2D eigenvalue weighted by molar-refractivity contribution is 0.0564. The SMILES string of the molecule is Cc1ccc(C(C)(O)Cc2cn3ccsc3n2)cc1F. The van der Waals surface area contributed by atoms with Crippen molar-refractivity contribution in [1.82, 2.24) is 9.38 Å². The van der Waals surface area contributed by atoms with Crippen LogP contribution in [0.3, 0.4) is 0 Å². The molecule has 0 aliphatic carbocycles. The van der Waals surface area contributed by atoms with Gasteiger partial charge in [-0.1, -0.05) is 12.1 Å². The summed E-state index contributed by atoms with van der Waals surface area (Å²) in [6, 6.07) is 4.84. The molecule has 0 spiro atoms. The van der Waals surface area contributed by atoms with E-state index in [1.807, 2.05) is 22.2 Å². The van der Waals surface area contributed by atoms with E-state index in [0.717, 1.165) is 10.7 Å². The topological polar surface area (TPSA) is 37.5 Å². The van der Waals surface area contributed by atoms with Gasteiger partial charge in [0.25, 0.3) is 0 Å². The summed E-state index contributed by atoms with van der Waals surface area (Å²) in [4.78, 5) is 5.35. The highest BCUT2D eigenvalue weighted by Gasteiger charge is 2.25. The van der Waals surface area contributed by atoms with Gasteiger partial charge < -0.3 is 5.11 Å². The Morgan fingerprint density at radius 1 is 1.45 bits per heavy atom. The molecule has 2 aromatic heterocycles. The molecule has 1 unspecified atom stereocenters. The molecule has 3 aromatic rings. The molecule has 1 aromatic carbocycles. The maximum atomic E-state index is 13.6. The van der Waals surface area contributed by atoms with Crippen LogP contribution in [0.5, 0.6) is 0 Å². The van der Waals surface area contributed by atoms with Crippen LogP contribution in [0.4, 0.5) is 4.39 Å². The van der Waals surface area contributed by atoms with E-state index >= 15 is 0 Å². The molecule has 0 bridgehead atoms. The van der Waals surface area contributed by atoms with Crippen molar-refractivity contribution in [3.8, 4) is 0 Å². The molecule has 1 atom stereocenters. The molecule has 1 N–H and O–H groups in total. The van der Waals surface area contributed by atoms with Gasteiger partial charge in [-0.3, -0.25) is 4.40 Å². The standard InChI is InChI=1S/C15H15FN2OS/c1-10-3-4-11(7-13(10)16)15(2,19)8-12-9-18-5-6-20-14(18)17-12/h3-7,9,19H,8H2,1-2H3. The molecular formula is C15H15FN2OS. The third kappa shape index (κ3) is 2.34. The fraction of sp³-hybridized carbons (Fsp3) is 0.267. The lowest BCUT2D eigenvalue weighted by Gasteiger charge is -2.23. The maximum Gasteiger partial charge on any atom is 0.193 e. The first kappa shape index (κ1) is 13.3. The molecule has 0 saturated heterocycles. The number of aromatic nitrogens is 2. The van der Waals surface area contributed by atoms with Gasteiger partial charge in [0.1, 0.15) is 5.82 Å². The molecule has 20 heavy (non-hydrogen) atoms. The van der Waals surface area contributed by atoms with Crippen LogP contribution in [0.25, 0.3) is 4.96 Å². The largest absolute Gasteiger partial charge is 0.385 e. The Morgan fingerprint density at radius 3 is 2.95 bits per heavy atom. The highest BCUT2D eigenvalue weighted by atomic mass is 32.1. The van der Waals surface area contributed by atoms with E-state index in [1.165, 1.54) is 6.07 Å². The second kappa shape index (κ2) is 4.68. The fourth-order valence-corrected chi connectivity index (χ4v) is 2.96. The molecule has 0 aliphatic heterocycles. The number of rotatable bonds is 3. The second-order valence-corrected chi connectivity index (χ2v) is 6.11. The number of benzene rings is 1. The van der Waals surface area contributed by atoms with Gasteiger partial charge in [0, 0.05) is 24.2 Å². The van der Waals surface area contributed by atoms with Gasteiger partial charge in [-0.05, 0) is 31.0 Å². The first-order chi connectivity index (χ1) is 9.45. The smallest absolute Gasteiger partial charge is 0.193 e. The zero-order valence-corrected chi connectivity index (χ0v) is 12.1. The molecule has 0 radical (unpaired) electrons. The molecule has 3 nitrogen and oxygen atoms in total. The van der Waals surface area contributed by atoms with Gasteiger partial charge in [-0.25, -0.2) is 9.37 Å². The number of fused-ring (bicyclic) bond motifs is 1. The normalized spacial score (nSPS) is 14.6. The Hall–Kier alpha value is -1.72. The monoisotopic (exact) mass is 290 g/mol. The maximum absolute atomic E-state index is 13.6. The van der Waals surface area contributed by atoms with Gasteiger partial charge in [0.15, 0.2) is 4.96 Å². The van der Waals surface area contributed by atoms with Crippen molar-refractivity contribution in [2.24, 2.45) is 0 Å². The summed E-state index contributed by atoms with van der Waals surface area (Å²) in [7, 11) is 0.